The Hall–Kier alpha value is -4.18. The van der Waals surface area contributed by atoms with Gasteiger partial charge in [-0.3, -0.25) is 4.79 Å². The summed E-state index contributed by atoms with van der Waals surface area (Å²) in [6, 6.07) is 17.5. The third kappa shape index (κ3) is 6.29. The summed E-state index contributed by atoms with van der Waals surface area (Å²) < 4.78 is 53.6. The van der Waals surface area contributed by atoms with E-state index >= 15 is 0 Å². The van der Waals surface area contributed by atoms with Gasteiger partial charge < -0.3 is 20.9 Å². The van der Waals surface area contributed by atoms with Crippen LogP contribution in [0.25, 0.3) is 22.0 Å². The predicted molar refractivity (Wildman–Crippen MR) is 160 cm³/mol. The number of hydrogen-bond acceptors (Lipinski definition) is 5. The second kappa shape index (κ2) is 11.8. The fraction of sp³-hybridized carbons (Fsp3) is 0.333. The van der Waals surface area contributed by atoms with Gasteiger partial charge in [0.2, 0.25) is 0 Å². The van der Waals surface area contributed by atoms with Crippen LogP contribution in [0.2, 0.25) is 0 Å². The number of nitrogens with zero attached hydrogens (tertiary/aromatic N) is 3. The van der Waals surface area contributed by atoms with Crippen molar-refractivity contribution < 1.29 is 22.4 Å². The molecule has 3 heterocycles. The Labute approximate surface area is 247 Å². The third-order valence-corrected chi connectivity index (χ3v) is 8.43. The molecule has 224 valence electrons. The van der Waals surface area contributed by atoms with Crippen LogP contribution in [-0.4, -0.2) is 52.9 Å². The van der Waals surface area contributed by atoms with Crippen molar-refractivity contribution in [2.24, 2.45) is 0 Å². The minimum atomic E-state index is -4.63. The number of pyridine rings is 1. The number of amides is 1. The van der Waals surface area contributed by atoms with Crippen molar-refractivity contribution in [2.75, 3.05) is 37.2 Å². The lowest BCUT2D eigenvalue weighted by Crippen LogP contribution is -2.42. The number of fused-ring (bicyclic) bond motifs is 1. The van der Waals surface area contributed by atoms with Crippen LogP contribution in [0.4, 0.5) is 29.1 Å². The largest absolute Gasteiger partial charge is 0.416 e. The minimum Gasteiger partial charge on any atom is -0.399 e. The van der Waals surface area contributed by atoms with Gasteiger partial charge in [-0.25, -0.2) is 9.37 Å². The number of nitrogens with two attached hydrogens (primary N) is 1. The lowest BCUT2D eigenvalue weighted by molar-refractivity contribution is -0.137. The molecular weight excluding hydrogens is 558 g/mol. The highest BCUT2D eigenvalue weighted by molar-refractivity contribution is 6.08. The average molecular weight is 592 g/mol. The molecule has 0 radical (unpaired) electrons. The van der Waals surface area contributed by atoms with E-state index in [1.54, 1.807) is 6.07 Å². The lowest BCUT2D eigenvalue weighted by Gasteiger charge is -2.29. The number of carbonyl (C=O) groups excluding carboxylic acids is 1. The molecule has 0 saturated carbocycles. The number of anilines is 2. The van der Waals surface area contributed by atoms with Crippen LogP contribution < -0.4 is 11.1 Å². The van der Waals surface area contributed by atoms with Gasteiger partial charge in [0.1, 0.15) is 11.6 Å². The maximum absolute atomic E-state index is 14.6. The fourth-order valence-corrected chi connectivity index (χ4v) is 6.11. The summed E-state index contributed by atoms with van der Waals surface area (Å²) in [5.41, 5.74) is 8.46. The van der Waals surface area contributed by atoms with E-state index < -0.39 is 17.6 Å². The molecule has 2 fully saturated rings. The predicted octanol–water partition coefficient (Wildman–Crippen LogP) is 6.95. The van der Waals surface area contributed by atoms with Crippen LogP contribution in [0, 0.1) is 5.82 Å². The van der Waals surface area contributed by atoms with E-state index in [4.69, 9.17) is 5.73 Å². The van der Waals surface area contributed by atoms with Gasteiger partial charge in [-0.05, 0) is 92.4 Å². The third-order valence-electron chi connectivity index (χ3n) is 8.43. The van der Waals surface area contributed by atoms with Crippen LogP contribution in [-0.2, 0) is 12.7 Å². The molecule has 43 heavy (non-hydrogen) atoms. The summed E-state index contributed by atoms with van der Waals surface area (Å²) in [6.45, 7) is 3.52. The van der Waals surface area contributed by atoms with Crippen molar-refractivity contribution in [1.29, 1.82) is 0 Å². The Kier molecular flexibility index (Phi) is 7.96. The van der Waals surface area contributed by atoms with Crippen LogP contribution >= 0.6 is 0 Å². The summed E-state index contributed by atoms with van der Waals surface area (Å²) in [5.74, 6) is -0.715. The standard InChI is InChI=1S/C33H33F4N5O/c34-29-17-24(33(35,36)37)9-5-23(29)19-39-31-18-28(32(43)42-15-3-4-26(42)20-41-13-1-2-14-41)27-16-22(8-12-30(27)40-31)21-6-10-25(38)11-7-21/h5-12,16-18,26H,1-4,13-15,19-20,38H2,(H,39,40)/t26-/m0/s1. The number of halogens is 4. The quantitative estimate of drug-likeness (QED) is 0.180. The van der Waals surface area contributed by atoms with E-state index in [1.165, 1.54) is 12.8 Å². The monoisotopic (exact) mass is 591 g/mol. The fourth-order valence-electron chi connectivity index (χ4n) is 6.11. The van der Waals surface area contributed by atoms with Crippen LogP contribution in [0.3, 0.4) is 0 Å². The Morgan fingerprint density at radius 1 is 0.930 bits per heavy atom. The zero-order valence-corrected chi connectivity index (χ0v) is 23.6. The molecule has 1 amide bonds. The molecule has 0 unspecified atom stereocenters. The number of hydrogen-bond donors (Lipinski definition) is 2. The summed E-state index contributed by atoms with van der Waals surface area (Å²) in [5, 5.41) is 3.73. The van der Waals surface area contributed by atoms with Crippen LogP contribution in [0.15, 0.2) is 66.7 Å². The second-order valence-electron chi connectivity index (χ2n) is 11.4. The molecule has 6 nitrogen and oxygen atoms in total. The maximum Gasteiger partial charge on any atom is 0.416 e. The van der Waals surface area contributed by atoms with Crippen LogP contribution in [0.1, 0.15) is 47.2 Å². The van der Waals surface area contributed by atoms with Gasteiger partial charge >= 0.3 is 6.18 Å². The minimum absolute atomic E-state index is 0.0618. The van der Waals surface area contributed by atoms with Gasteiger partial charge in [0.15, 0.2) is 0 Å². The van der Waals surface area contributed by atoms with Crippen molar-refractivity contribution in [2.45, 2.75) is 44.4 Å². The molecule has 2 aliphatic heterocycles. The topological polar surface area (TPSA) is 74.5 Å². The molecule has 1 aromatic heterocycles. The zero-order valence-electron chi connectivity index (χ0n) is 23.6. The summed E-state index contributed by atoms with van der Waals surface area (Å²) in [7, 11) is 0. The van der Waals surface area contributed by atoms with Gasteiger partial charge in [-0.15, -0.1) is 0 Å². The SMILES string of the molecule is Nc1ccc(-c2ccc3nc(NCc4ccc(C(F)(F)F)cc4F)cc(C(=O)N4CCC[C@H]4CN4CCCC4)c3c2)cc1. The zero-order chi connectivity index (χ0) is 30.1. The summed E-state index contributed by atoms with van der Waals surface area (Å²) in [6.07, 6.45) is -0.395. The van der Waals surface area contributed by atoms with Gasteiger partial charge in [0, 0.05) is 42.3 Å². The molecule has 0 aliphatic carbocycles. The number of carbonyl (C=O) groups is 1. The summed E-state index contributed by atoms with van der Waals surface area (Å²) in [4.78, 5) is 23.3. The number of likely N-dealkylation sites (tertiary alicyclic amines) is 2. The van der Waals surface area contributed by atoms with E-state index in [2.05, 4.69) is 15.2 Å². The number of alkyl halides is 3. The number of rotatable bonds is 7. The van der Waals surface area contributed by atoms with Crippen molar-refractivity contribution in [1.82, 2.24) is 14.8 Å². The Balaban J connectivity index is 1.34. The molecule has 2 saturated heterocycles. The highest BCUT2D eigenvalue weighted by Gasteiger charge is 2.33. The van der Waals surface area contributed by atoms with Crippen LogP contribution in [0.5, 0.6) is 0 Å². The Bertz CT molecular complexity index is 1630. The number of nitrogen functional groups attached to an aromatic ring is 1. The molecule has 0 spiro atoms. The first-order valence-corrected chi connectivity index (χ1v) is 14.6. The molecule has 3 N–H and O–H groups in total. The molecular formula is C33H33F4N5O. The van der Waals surface area contributed by atoms with Gasteiger partial charge in [-0.1, -0.05) is 24.3 Å². The maximum atomic E-state index is 14.6. The van der Waals surface area contributed by atoms with E-state index in [9.17, 15) is 22.4 Å². The molecule has 3 aromatic carbocycles. The normalized spacial score (nSPS) is 17.6. The second-order valence-corrected chi connectivity index (χ2v) is 11.4. The molecule has 0 bridgehead atoms. The van der Waals surface area contributed by atoms with Crippen molar-refractivity contribution in [3.63, 3.8) is 0 Å². The lowest BCUT2D eigenvalue weighted by atomic mass is 9.99. The smallest absolute Gasteiger partial charge is 0.399 e. The van der Waals surface area contributed by atoms with Gasteiger partial charge in [-0.2, -0.15) is 13.2 Å². The number of nitrogens with one attached hydrogen (secondary N) is 1. The van der Waals surface area contributed by atoms with E-state index in [-0.39, 0.29) is 24.1 Å². The average Bonchev–Trinajstić information content (AvgIpc) is 3.68. The summed E-state index contributed by atoms with van der Waals surface area (Å²) >= 11 is 0. The number of aromatic nitrogens is 1. The highest BCUT2D eigenvalue weighted by Crippen LogP contribution is 2.32. The van der Waals surface area contributed by atoms with E-state index in [0.717, 1.165) is 55.7 Å². The molecule has 4 aromatic rings. The highest BCUT2D eigenvalue weighted by atomic mass is 19.4. The molecule has 10 heteroatoms. The Morgan fingerprint density at radius 3 is 2.40 bits per heavy atom. The van der Waals surface area contributed by atoms with Gasteiger partial charge in [0.25, 0.3) is 5.91 Å². The van der Waals surface area contributed by atoms with Crippen molar-refractivity contribution >= 4 is 28.3 Å². The van der Waals surface area contributed by atoms with Crippen molar-refractivity contribution in [3.8, 4) is 11.1 Å². The Morgan fingerprint density at radius 2 is 1.67 bits per heavy atom. The number of benzene rings is 3. The van der Waals surface area contributed by atoms with Gasteiger partial charge in [0.05, 0.1) is 16.6 Å². The first kappa shape index (κ1) is 28.9. The molecule has 2 aliphatic rings. The van der Waals surface area contributed by atoms with E-state index in [0.29, 0.717) is 40.6 Å². The van der Waals surface area contributed by atoms with Crippen molar-refractivity contribution in [3.05, 3.63) is 89.2 Å². The van der Waals surface area contributed by atoms with E-state index in [1.807, 2.05) is 47.4 Å². The molecule has 1 atom stereocenters. The first-order chi connectivity index (χ1) is 20.7. The first-order valence-electron chi connectivity index (χ1n) is 14.6. The molecule has 6 rings (SSSR count).